The molecule has 19 heavy (non-hydrogen) atoms. The van der Waals surface area contributed by atoms with Crippen molar-refractivity contribution in [3.8, 4) is 0 Å². The summed E-state index contributed by atoms with van der Waals surface area (Å²) in [6.07, 6.45) is 1.41. The van der Waals surface area contributed by atoms with E-state index in [1.165, 1.54) is 0 Å². The van der Waals surface area contributed by atoms with E-state index < -0.39 is 17.5 Å². The summed E-state index contributed by atoms with van der Waals surface area (Å²) < 4.78 is 39.0. The van der Waals surface area contributed by atoms with E-state index in [2.05, 4.69) is 4.90 Å². The molecule has 0 spiro atoms. The van der Waals surface area contributed by atoms with Crippen molar-refractivity contribution in [1.29, 1.82) is 0 Å². The van der Waals surface area contributed by atoms with Gasteiger partial charge in [-0.3, -0.25) is 4.90 Å². The number of nitrogens with zero attached hydrogens (tertiary/aromatic N) is 1. The Balaban J connectivity index is 1.96. The summed E-state index contributed by atoms with van der Waals surface area (Å²) in [5.74, 6) is -3.42. The van der Waals surface area contributed by atoms with E-state index in [1.54, 1.807) is 6.92 Å². The average Bonchev–Trinajstić information content (AvgIpc) is 2.36. The molecule has 0 bridgehead atoms. The van der Waals surface area contributed by atoms with Crippen LogP contribution in [0.15, 0.2) is 12.1 Å². The molecule has 1 atom stereocenters. The van der Waals surface area contributed by atoms with Crippen LogP contribution in [0.2, 0.25) is 0 Å². The predicted molar refractivity (Wildman–Crippen MR) is 66.0 cm³/mol. The minimum Gasteiger partial charge on any atom is -0.393 e. The number of hydrogen-bond acceptors (Lipinski definition) is 2. The Morgan fingerprint density at radius 3 is 2.21 bits per heavy atom. The maximum atomic E-state index is 13.1. The first-order valence-corrected chi connectivity index (χ1v) is 6.51. The fourth-order valence-corrected chi connectivity index (χ4v) is 2.55. The van der Waals surface area contributed by atoms with Crippen molar-refractivity contribution in [2.75, 3.05) is 13.1 Å². The van der Waals surface area contributed by atoms with Gasteiger partial charge in [-0.1, -0.05) is 0 Å². The number of piperidine rings is 1. The molecule has 1 N–H and O–H groups in total. The fraction of sp³-hybridized carbons (Fsp3) is 0.571. The number of rotatable bonds is 3. The zero-order valence-corrected chi connectivity index (χ0v) is 10.9. The highest BCUT2D eigenvalue weighted by Gasteiger charge is 2.23. The van der Waals surface area contributed by atoms with Gasteiger partial charge in [-0.15, -0.1) is 0 Å². The number of hydrogen-bond donors (Lipinski definition) is 1. The number of halogens is 3. The van der Waals surface area contributed by atoms with Crippen molar-refractivity contribution in [2.45, 2.75) is 32.4 Å². The topological polar surface area (TPSA) is 23.5 Å². The Hall–Kier alpha value is -1.07. The van der Waals surface area contributed by atoms with Crippen molar-refractivity contribution in [2.24, 2.45) is 5.92 Å². The van der Waals surface area contributed by atoms with Crippen molar-refractivity contribution < 1.29 is 18.3 Å². The maximum Gasteiger partial charge on any atom is 0.194 e. The van der Waals surface area contributed by atoms with E-state index in [4.69, 9.17) is 0 Å². The third-order valence-electron chi connectivity index (χ3n) is 3.76. The third kappa shape index (κ3) is 3.48. The van der Waals surface area contributed by atoms with Crippen LogP contribution in [0.3, 0.4) is 0 Å². The van der Waals surface area contributed by atoms with Gasteiger partial charge in [-0.25, -0.2) is 13.2 Å². The molecular weight excluding hydrogens is 255 g/mol. The molecule has 1 aromatic rings. The highest BCUT2D eigenvalue weighted by atomic mass is 19.2. The van der Waals surface area contributed by atoms with Crippen LogP contribution >= 0.6 is 0 Å². The molecule has 106 valence electrons. The summed E-state index contributed by atoms with van der Waals surface area (Å²) >= 11 is 0. The van der Waals surface area contributed by atoms with Crippen LogP contribution < -0.4 is 0 Å². The first kappa shape index (κ1) is 14.3. The SMILES string of the molecule is CC(O)C1CCN(Cc2cc(F)c(F)c(F)c2)CC1. The van der Waals surface area contributed by atoms with Gasteiger partial charge in [0.15, 0.2) is 17.5 Å². The lowest BCUT2D eigenvalue weighted by molar-refractivity contribution is 0.0695. The minimum atomic E-state index is -1.42. The largest absolute Gasteiger partial charge is 0.393 e. The van der Waals surface area contributed by atoms with E-state index >= 15 is 0 Å². The van der Waals surface area contributed by atoms with Crippen molar-refractivity contribution >= 4 is 0 Å². The summed E-state index contributed by atoms with van der Waals surface area (Å²) in [6.45, 7) is 3.73. The Morgan fingerprint density at radius 1 is 1.21 bits per heavy atom. The van der Waals surface area contributed by atoms with Gasteiger partial charge in [0.1, 0.15) is 0 Å². The normalized spacial score (nSPS) is 19.6. The van der Waals surface area contributed by atoms with Crippen molar-refractivity contribution in [1.82, 2.24) is 4.90 Å². The molecule has 0 aromatic heterocycles. The molecule has 1 fully saturated rings. The lowest BCUT2D eigenvalue weighted by atomic mass is 9.92. The van der Waals surface area contributed by atoms with Crippen LogP contribution in [0.25, 0.3) is 0 Å². The smallest absolute Gasteiger partial charge is 0.194 e. The van der Waals surface area contributed by atoms with Gasteiger partial charge in [0.05, 0.1) is 6.10 Å². The molecule has 2 rings (SSSR count). The Bertz CT molecular complexity index is 419. The van der Waals surface area contributed by atoms with Gasteiger partial charge in [-0.2, -0.15) is 0 Å². The van der Waals surface area contributed by atoms with Crippen LogP contribution in [0.4, 0.5) is 13.2 Å². The number of benzene rings is 1. The molecule has 1 heterocycles. The van der Waals surface area contributed by atoms with Crippen LogP contribution in [0.1, 0.15) is 25.3 Å². The van der Waals surface area contributed by atoms with Gasteiger partial charge in [0.25, 0.3) is 0 Å². The molecular formula is C14H18F3NO. The number of aliphatic hydroxyl groups excluding tert-OH is 1. The highest BCUT2D eigenvalue weighted by Crippen LogP contribution is 2.22. The quantitative estimate of drug-likeness (QED) is 0.856. The maximum absolute atomic E-state index is 13.1. The van der Waals surface area contributed by atoms with Gasteiger partial charge in [0.2, 0.25) is 0 Å². The average molecular weight is 273 g/mol. The molecule has 0 saturated carbocycles. The monoisotopic (exact) mass is 273 g/mol. The predicted octanol–water partition coefficient (Wildman–Crippen LogP) is 2.70. The molecule has 0 aliphatic carbocycles. The van der Waals surface area contributed by atoms with Crippen LogP contribution in [0, 0.1) is 23.4 Å². The second-order valence-electron chi connectivity index (χ2n) is 5.23. The molecule has 5 heteroatoms. The second kappa shape index (κ2) is 5.92. The first-order valence-electron chi connectivity index (χ1n) is 6.51. The number of aliphatic hydroxyl groups is 1. The number of likely N-dealkylation sites (tertiary alicyclic amines) is 1. The van der Waals surface area contributed by atoms with Gasteiger partial charge >= 0.3 is 0 Å². The fourth-order valence-electron chi connectivity index (χ4n) is 2.55. The van der Waals surface area contributed by atoms with Crippen LogP contribution in [0.5, 0.6) is 0 Å². The van der Waals surface area contributed by atoms with E-state index in [-0.39, 0.29) is 12.0 Å². The van der Waals surface area contributed by atoms with Crippen molar-refractivity contribution in [3.63, 3.8) is 0 Å². The molecule has 0 amide bonds. The lowest BCUT2D eigenvalue weighted by Gasteiger charge is -2.33. The summed E-state index contributed by atoms with van der Waals surface area (Å²) in [7, 11) is 0. The summed E-state index contributed by atoms with van der Waals surface area (Å²) in [5, 5.41) is 9.50. The summed E-state index contributed by atoms with van der Waals surface area (Å²) in [5.41, 5.74) is 0.437. The summed E-state index contributed by atoms with van der Waals surface area (Å²) in [4.78, 5) is 2.06. The molecule has 1 aliphatic rings. The zero-order valence-electron chi connectivity index (χ0n) is 10.9. The third-order valence-corrected chi connectivity index (χ3v) is 3.76. The Morgan fingerprint density at radius 2 is 1.74 bits per heavy atom. The summed E-state index contributed by atoms with van der Waals surface area (Å²) in [6, 6.07) is 2.08. The molecule has 0 radical (unpaired) electrons. The van der Waals surface area contributed by atoms with E-state index in [1.807, 2.05) is 0 Å². The van der Waals surface area contributed by atoms with Crippen LogP contribution in [-0.2, 0) is 6.54 Å². The first-order chi connectivity index (χ1) is 8.97. The van der Waals surface area contributed by atoms with Gasteiger partial charge in [-0.05, 0) is 56.5 Å². The van der Waals surface area contributed by atoms with E-state index in [9.17, 15) is 18.3 Å². The van der Waals surface area contributed by atoms with Gasteiger partial charge in [0, 0.05) is 6.54 Å². The molecule has 1 aliphatic heterocycles. The zero-order chi connectivity index (χ0) is 14.0. The standard InChI is InChI=1S/C14H18F3NO/c1-9(19)11-2-4-18(5-3-11)8-10-6-12(15)14(17)13(16)7-10/h6-7,9,11,19H,2-5,8H2,1H3. The van der Waals surface area contributed by atoms with Gasteiger partial charge < -0.3 is 5.11 Å². The molecule has 2 nitrogen and oxygen atoms in total. The highest BCUT2D eigenvalue weighted by molar-refractivity contribution is 5.19. The minimum absolute atomic E-state index is 0.290. The van der Waals surface area contributed by atoms with E-state index in [0.29, 0.717) is 12.1 Å². The lowest BCUT2D eigenvalue weighted by Crippen LogP contribution is -2.36. The van der Waals surface area contributed by atoms with Crippen LogP contribution in [-0.4, -0.2) is 29.2 Å². The Kier molecular flexibility index (Phi) is 4.47. The molecule has 1 unspecified atom stereocenters. The Labute approximate surface area is 110 Å². The van der Waals surface area contributed by atoms with Crippen molar-refractivity contribution in [3.05, 3.63) is 35.1 Å². The molecule has 1 aromatic carbocycles. The molecule has 1 saturated heterocycles. The van der Waals surface area contributed by atoms with E-state index in [0.717, 1.165) is 38.1 Å². The second-order valence-corrected chi connectivity index (χ2v) is 5.23.